The van der Waals surface area contributed by atoms with Crippen LogP contribution in [0.25, 0.3) is 11.0 Å². The number of carbonyl (C=O) groups is 2. The summed E-state index contributed by atoms with van der Waals surface area (Å²) < 4.78 is 5.17. The van der Waals surface area contributed by atoms with E-state index in [0.717, 1.165) is 5.56 Å². The molecule has 0 fully saturated rings. The molecule has 0 radical (unpaired) electrons. The first-order chi connectivity index (χ1) is 12.4. The van der Waals surface area contributed by atoms with Gasteiger partial charge in [0.1, 0.15) is 11.1 Å². The molecule has 0 bridgehead atoms. The average Bonchev–Trinajstić information content (AvgIpc) is 2.62. The molecular weight excluding hydrogens is 332 g/mol. The fourth-order valence-corrected chi connectivity index (χ4v) is 2.54. The van der Waals surface area contributed by atoms with Crippen molar-refractivity contribution < 1.29 is 14.0 Å². The first kappa shape index (κ1) is 17.4. The maximum Gasteiger partial charge on any atom is 0.349 e. The molecule has 6 nitrogen and oxygen atoms in total. The van der Waals surface area contributed by atoms with E-state index in [4.69, 9.17) is 4.42 Å². The molecule has 2 amide bonds. The van der Waals surface area contributed by atoms with Crippen molar-refractivity contribution in [1.29, 1.82) is 0 Å². The molecule has 0 aliphatic heterocycles. The van der Waals surface area contributed by atoms with Gasteiger partial charge in [-0.05, 0) is 31.2 Å². The van der Waals surface area contributed by atoms with Gasteiger partial charge in [0, 0.05) is 18.1 Å². The Morgan fingerprint density at radius 2 is 1.77 bits per heavy atom. The van der Waals surface area contributed by atoms with Crippen LogP contribution in [0.5, 0.6) is 0 Å². The Bertz CT molecular complexity index is 1020. The fourth-order valence-electron chi connectivity index (χ4n) is 2.54. The van der Waals surface area contributed by atoms with Gasteiger partial charge in [-0.1, -0.05) is 35.9 Å². The number of hydrogen-bond acceptors (Lipinski definition) is 4. The molecule has 0 unspecified atom stereocenters. The van der Waals surface area contributed by atoms with Crippen LogP contribution >= 0.6 is 0 Å². The van der Waals surface area contributed by atoms with Crippen molar-refractivity contribution in [2.75, 3.05) is 18.9 Å². The van der Waals surface area contributed by atoms with Crippen LogP contribution in [0.3, 0.4) is 0 Å². The van der Waals surface area contributed by atoms with Crippen LogP contribution in [-0.2, 0) is 4.79 Å². The number of benzene rings is 2. The standard InChI is InChI=1S/C20H18N2O4/c1-13-7-9-15(10-8-13)21-18(23)12-22(2)19(24)16-11-14-5-3-4-6-17(14)26-20(16)25/h3-11H,12H2,1-2H3,(H,21,23). The Morgan fingerprint density at radius 1 is 1.08 bits per heavy atom. The van der Waals surface area contributed by atoms with Crippen molar-refractivity contribution in [1.82, 2.24) is 4.90 Å². The summed E-state index contributed by atoms with van der Waals surface area (Å²) in [5.41, 5.74) is 1.31. The Kier molecular flexibility index (Phi) is 4.84. The Balaban J connectivity index is 1.73. The number of carbonyl (C=O) groups excluding carboxylic acids is 2. The number of aryl methyl sites for hydroxylation is 1. The number of rotatable bonds is 4. The zero-order chi connectivity index (χ0) is 18.7. The Morgan fingerprint density at radius 3 is 2.50 bits per heavy atom. The van der Waals surface area contributed by atoms with Crippen LogP contribution < -0.4 is 10.9 Å². The summed E-state index contributed by atoms with van der Waals surface area (Å²) in [5.74, 6) is -0.918. The number of likely N-dealkylation sites (N-methyl/N-ethyl adjacent to an activating group) is 1. The molecule has 1 N–H and O–H groups in total. The van der Waals surface area contributed by atoms with E-state index >= 15 is 0 Å². The first-order valence-electron chi connectivity index (χ1n) is 8.09. The molecule has 0 spiro atoms. The Hall–Kier alpha value is -3.41. The van der Waals surface area contributed by atoms with Crippen molar-refractivity contribution in [3.05, 3.63) is 76.1 Å². The molecule has 2 aromatic carbocycles. The van der Waals surface area contributed by atoms with Crippen LogP contribution in [0.1, 0.15) is 15.9 Å². The van der Waals surface area contributed by atoms with E-state index < -0.39 is 11.5 Å². The number of amides is 2. The van der Waals surface area contributed by atoms with E-state index in [-0.39, 0.29) is 18.0 Å². The van der Waals surface area contributed by atoms with Gasteiger partial charge < -0.3 is 14.6 Å². The zero-order valence-corrected chi connectivity index (χ0v) is 14.5. The van der Waals surface area contributed by atoms with E-state index in [2.05, 4.69) is 5.32 Å². The highest BCUT2D eigenvalue weighted by atomic mass is 16.4. The minimum Gasteiger partial charge on any atom is -0.422 e. The van der Waals surface area contributed by atoms with Gasteiger partial charge in [0.25, 0.3) is 5.91 Å². The third-order valence-electron chi connectivity index (χ3n) is 3.93. The topological polar surface area (TPSA) is 79.6 Å². The van der Waals surface area contributed by atoms with Crippen molar-refractivity contribution in [2.24, 2.45) is 0 Å². The van der Waals surface area contributed by atoms with E-state index in [9.17, 15) is 14.4 Å². The van der Waals surface area contributed by atoms with E-state index in [0.29, 0.717) is 16.7 Å². The van der Waals surface area contributed by atoms with E-state index in [1.54, 1.807) is 36.4 Å². The second kappa shape index (κ2) is 7.23. The van der Waals surface area contributed by atoms with Crippen molar-refractivity contribution in [3.63, 3.8) is 0 Å². The molecule has 26 heavy (non-hydrogen) atoms. The average molecular weight is 350 g/mol. The van der Waals surface area contributed by atoms with Gasteiger partial charge in [-0.3, -0.25) is 9.59 Å². The number of hydrogen-bond donors (Lipinski definition) is 1. The molecule has 0 aliphatic carbocycles. The normalized spacial score (nSPS) is 10.5. The first-order valence-corrected chi connectivity index (χ1v) is 8.09. The summed E-state index contributed by atoms with van der Waals surface area (Å²) in [6.07, 6.45) is 0. The maximum atomic E-state index is 12.5. The Labute approximate surface area is 150 Å². The molecular formula is C20H18N2O4. The van der Waals surface area contributed by atoms with Crippen LogP contribution in [0.4, 0.5) is 5.69 Å². The third kappa shape index (κ3) is 3.80. The van der Waals surface area contributed by atoms with Gasteiger partial charge in [-0.2, -0.15) is 0 Å². The van der Waals surface area contributed by atoms with Gasteiger partial charge in [0.2, 0.25) is 5.91 Å². The predicted molar refractivity (Wildman–Crippen MR) is 99.3 cm³/mol. The third-order valence-corrected chi connectivity index (χ3v) is 3.93. The number of fused-ring (bicyclic) bond motifs is 1. The smallest absolute Gasteiger partial charge is 0.349 e. The van der Waals surface area contributed by atoms with Gasteiger partial charge in [-0.15, -0.1) is 0 Å². The largest absolute Gasteiger partial charge is 0.422 e. The molecule has 1 aromatic heterocycles. The highest BCUT2D eigenvalue weighted by Gasteiger charge is 2.19. The van der Waals surface area contributed by atoms with Crippen LogP contribution in [0, 0.1) is 6.92 Å². The van der Waals surface area contributed by atoms with Crippen LogP contribution in [0.2, 0.25) is 0 Å². The molecule has 3 aromatic rings. The van der Waals surface area contributed by atoms with Crippen LogP contribution in [-0.4, -0.2) is 30.3 Å². The summed E-state index contributed by atoms with van der Waals surface area (Å²) in [6.45, 7) is 1.77. The number of anilines is 1. The molecule has 6 heteroatoms. The summed E-state index contributed by atoms with van der Waals surface area (Å²) in [5, 5.41) is 3.36. The number of nitrogens with one attached hydrogen (secondary N) is 1. The highest BCUT2D eigenvalue weighted by Crippen LogP contribution is 2.14. The molecule has 0 saturated heterocycles. The second-order valence-electron chi connectivity index (χ2n) is 6.06. The lowest BCUT2D eigenvalue weighted by atomic mass is 10.1. The molecule has 0 aliphatic rings. The van der Waals surface area contributed by atoms with E-state index in [1.165, 1.54) is 18.0 Å². The van der Waals surface area contributed by atoms with Gasteiger partial charge in [0.05, 0.1) is 6.54 Å². The van der Waals surface area contributed by atoms with Crippen molar-refractivity contribution >= 4 is 28.5 Å². The lowest BCUT2D eigenvalue weighted by molar-refractivity contribution is -0.116. The quantitative estimate of drug-likeness (QED) is 0.734. The maximum absolute atomic E-state index is 12.5. The van der Waals surface area contributed by atoms with Gasteiger partial charge >= 0.3 is 5.63 Å². The fraction of sp³-hybridized carbons (Fsp3) is 0.150. The minimum atomic E-state index is -0.723. The lowest BCUT2D eigenvalue weighted by Gasteiger charge is -2.16. The zero-order valence-electron chi connectivity index (χ0n) is 14.5. The SMILES string of the molecule is Cc1ccc(NC(=O)CN(C)C(=O)c2cc3ccccc3oc2=O)cc1. The van der Waals surface area contributed by atoms with E-state index in [1.807, 2.05) is 19.1 Å². The highest BCUT2D eigenvalue weighted by molar-refractivity contribution is 6.00. The monoisotopic (exact) mass is 350 g/mol. The van der Waals surface area contributed by atoms with Crippen molar-refractivity contribution in [3.8, 4) is 0 Å². The molecule has 3 rings (SSSR count). The lowest BCUT2D eigenvalue weighted by Crippen LogP contribution is -2.36. The minimum absolute atomic E-state index is 0.102. The summed E-state index contributed by atoms with van der Waals surface area (Å²) in [4.78, 5) is 37.9. The predicted octanol–water partition coefficient (Wildman–Crippen LogP) is 2.81. The number of para-hydroxylation sites is 1. The second-order valence-corrected chi connectivity index (χ2v) is 6.06. The molecule has 0 atom stereocenters. The molecule has 132 valence electrons. The van der Waals surface area contributed by atoms with Crippen LogP contribution in [0.15, 0.2) is 63.8 Å². The number of nitrogens with zero attached hydrogens (tertiary/aromatic N) is 1. The van der Waals surface area contributed by atoms with Gasteiger partial charge in [-0.25, -0.2) is 4.79 Å². The van der Waals surface area contributed by atoms with Gasteiger partial charge in [0.15, 0.2) is 0 Å². The molecule has 1 heterocycles. The molecule has 0 saturated carbocycles. The summed E-state index contributed by atoms with van der Waals surface area (Å²) in [6, 6.07) is 15.7. The summed E-state index contributed by atoms with van der Waals surface area (Å²) >= 11 is 0. The summed E-state index contributed by atoms with van der Waals surface area (Å²) in [7, 11) is 1.46. The van der Waals surface area contributed by atoms with Crippen molar-refractivity contribution in [2.45, 2.75) is 6.92 Å².